The van der Waals surface area contributed by atoms with Crippen molar-refractivity contribution in [3.05, 3.63) is 12.7 Å². The lowest BCUT2D eigenvalue weighted by Crippen LogP contribution is -2.25. The van der Waals surface area contributed by atoms with Gasteiger partial charge in [0, 0.05) is 0 Å². The van der Waals surface area contributed by atoms with Gasteiger partial charge in [0.25, 0.3) is 0 Å². The van der Waals surface area contributed by atoms with E-state index in [0.29, 0.717) is 0 Å². The van der Waals surface area contributed by atoms with Crippen LogP contribution in [-0.2, 0) is 9.53 Å². The van der Waals surface area contributed by atoms with Crippen molar-refractivity contribution in [2.75, 3.05) is 6.73 Å². The second-order valence-electron chi connectivity index (χ2n) is 1.30. The van der Waals surface area contributed by atoms with E-state index in [1.165, 1.54) is 0 Å². The lowest BCUT2D eigenvalue weighted by atomic mass is 10.6. The first-order chi connectivity index (χ1) is 4.66. The van der Waals surface area contributed by atoms with Gasteiger partial charge in [0.2, 0.25) is 5.91 Å². The molecule has 0 aromatic carbocycles. The van der Waals surface area contributed by atoms with Gasteiger partial charge in [-0.2, -0.15) is 0 Å². The molecule has 0 saturated heterocycles. The molecule has 56 valence electrons. The minimum absolute atomic E-state index is 0.347. The monoisotopic (exact) mass is 145 g/mol. The summed E-state index contributed by atoms with van der Waals surface area (Å²) >= 11 is 0. The molecule has 0 aromatic rings. The molecular formula is C5H7NO4. The molecule has 10 heavy (non-hydrogen) atoms. The van der Waals surface area contributed by atoms with Gasteiger partial charge in [0.05, 0.1) is 0 Å². The summed E-state index contributed by atoms with van der Waals surface area (Å²) in [6.45, 7) is 2.80. The third-order valence-corrected chi connectivity index (χ3v) is 0.627. The van der Waals surface area contributed by atoms with Crippen LogP contribution in [0.3, 0.4) is 0 Å². The zero-order valence-electron chi connectivity index (χ0n) is 5.16. The third-order valence-electron chi connectivity index (χ3n) is 0.627. The van der Waals surface area contributed by atoms with Gasteiger partial charge in [-0.3, -0.25) is 4.79 Å². The molecule has 0 unspecified atom stereocenters. The van der Waals surface area contributed by atoms with Crippen molar-refractivity contribution in [1.82, 2.24) is 5.32 Å². The molecule has 0 saturated carbocycles. The molecular weight excluding hydrogens is 138 g/mol. The summed E-state index contributed by atoms with van der Waals surface area (Å²) in [5.41, 5.74) is 0. The maximum atomic E-state index is 10.3. The number of hydrogen-bond donors (Lipinski definition) is 2. The highest BCUT2D eigenvalue weighted by Gasteiger charge is 1.95. The number of rotatable bonds is 3. The fourth-order valence-electron chi connectivity index (χ4n) is 0.241. The van der Waals surface area contributed by atoms with Gasteiger partial charge < -0.3 is 15.2 Å². The van der Waals surface area contributed by atoms with Crippen LogP contribution >= 0.6 is 0 Å². The summed E-state index contributed by atoms with van der Waals surface area (Å²) in [6, 6.07) is 0. The number of ether oxygens (including phenoxy) is 1. The molecule has 0 aliphatic heterocycles. The molecule has 0 aromatic heterocycles. The fraction of sp³-hybridized carbons (Fsp3) is 0.200. The van der Waals surface area contributed by atoms with Gasteiger partial charge in [0.15, 0.2) is 6.73 Å². The van der Waals surface area contributed by atoms with Crippen LogP contribution in [0.15, 0.2) is 12.7 Å². The van der Waals surface area contributed by atoms with Gasteiger partial charge in [-0.25, -0.2) is 4.79 Å². The van der Waals surface area contributed by atoms with E-state index in [4.69, 9.17) is 5.11 Å². The molecule has 0 atom stereocenters. The Balaban J connectivity index is 3.28. The van der Waals surface area contributed by atoms with Gasteiger partial charge in [-0.15, -0.1) is 0 Å². The van der Waals surface area contributed by atoms with Crippen molar-refractivity contribution >= 4 is 12.1 Å². The van der Waals surface area contributed by atoms with Crippen LogP contribution in [0.25, 0.3) is 0 Å². The number of amides is 1. The molecule has 5 nitrogen and oxygen atoms in total. The first kappa shape index (κ1) is 8.48. The maximum absolute atomic E-state index is 10.3. The summed E-state index contributed by atoms with van der Waals surface area (Å²) in [6.07, 6.45) is -0.407. The molecule has 0 aliphatic rings. The second kappa shape index (κ2) is 4.37. The van der Waals surface area contributed by atoms with Crippen molar-refractivity contribution < 1.29 is 19.4 Å². The SMILES string of the molecule is C=CC(=O)NCOC(=O)O. The van der Waals surface area contributed by atoms with Crippen LogP contribution in [0.5, 0.6) is 0 Å². The smallest absolute Gasteiger partial charge is 0.450 e. The molecule has 0 rings (SSSR count). The number of nitrogens with one attached hydrogen (secondary N) is 1. The Bertz CT molecular complexity index is 154. The molecule has 0 heterocycles. The number of hydrogen-bond acceptors (Lipinski definition) is 3. The Kier molecular flexibility index (Phi) is 3.70. The van der Waals surface area contributed by atoms with Crippen LogP contribution in [-0.4, -0.2) is 23.9 Å². The van der Waals surface area contributed by atoms with Crippen molar-refractivity contribution in [3.63, 3.8) is 0 Å². The molecule has 0 fully saturated rings. The van der Waals surface area contributed by atoms with Crippen LogP contribution in [0.1, 0.15) is 0 Å². The minimum atomic E-state index is -1.43. The van der Waals surface area contributed by atoms with Crippen molar-refractivity contribution in [2.45, 2.75) is 0 Å². The van der Waals surface area contributed by atoms with Gasteiger partial charge in [-0.05, 0) is 6.08 Å². The Morgan fingerprint density at radius 2 is 2.30 bits per heavy atom. The average molecular weight is 145 g/mol. The van der Waals surface area contributed by atoms with E-state index >= 15 is 0 Å². The maximum Gasteiger partial charge on any atom is 0.507 e. The van der Waals surface area contributed by atoms with E-state index in [-0.39, 0.29) is 6.73 Å². The highest BCUT2D eigenvalue weighted by Crippen LogP contribution is 1.72. The largest absolute Gasteiger partial charge is 0.507 e. The summed E-state index contributed by atoms with van der Waals surface area (Å²) in [5, 5.41) is 10.0. The van der Waals surface area contributed by atoms with Gasteiger partial charge in [-0.1, -0.05) is 6.58 Å². The van der Waals surface area contributed by atoms with Crippen molar-refractivity contribution in [1.29, 1.82) is 0 Å². The molecule has 0 radical (unpaired) electrons. The first-order valence-electron chi connectivity index (χ1n) is 2.43. The highest BCUT2D eigenvalue weighted by atomic mass is 16.7. The van der Waals surface area contributed by atoms with E-state index in [0.717, 1.165) is 6.08 Å². The molecule has 2 N–H and O–H groups in total. The van der Waals surface area contributed by atoms with E-state index in [9.17, 15) is 9.59 Å². The predicted molar refractivity (Wildman–Crippen MR) is 32.3 cm³/mol. The zero-order chi connectivity index (χ0) is 7.98. The number of carbonyl (C=O) groups is 2. The summed E-state index contributed by atoms with van der Waals surface area (Å²) in [4.78, 5) is 20.0. The lowest BCUT2D eigenvalue weighted by Gasteiger charge is -1.98. The second-order valence-corrected chi connectivity index (χ2v) is 1.30. The average Bonchev–Trinajstić information content (AvgIpc) is 1.87. The van der Waals surface area contributed by atoms with E-state index in [2.05, 4.69) is 16.6 Å². The van der Waals surface area contributed by atoms with Crippen molar-refractivity contribution in [2.24, 2.45) is 0 Å². The summed E-state index contributed by atoms with van der Waals surface area (Å²) < 4.78 is 3.95. The zero-order valence-corrected chi connectivity index (χ0v) is 5.16. The van der Waals surface area contributed by atoms with E-state index in [1.54, 1.807) is 0 Å². The Morgan fingerprint density at radius 1 is 1.70 bits per heavy atom. The topological polar surface area (TPSA) is 75.6 Å². The fourth-order valence-corrected chi connectivity index (χ4v) is 0.241. The lowest BCUT2D eigenvalue weighted by molar-refractivity contribution is -0.117. The third kappa shape index (κ3) is 4.63. The first-order valence-corrected chi connectivity index (χ1v) is 2.43. The Labute approximate surface area is 57.3 Å². The van der Waals surface area contributed by atoms with Crippen LogP contribution < -0.4 is 5.32 Å². The van der Waals surface area contributed by atoms with E-state index < -0.39 is 12.1 Å². The van der Waals surface area contributed by atoms with Gasteiger partial charge in [0.1, 0.15) is 0 Å². The minimum Gasteiger partial charge on any atom is -0.450 e. The quantitative estimate of drug-likeness (QED) is 0.331. The predicted octanol–water partition coefficient (Wildman–Crippen LogP) is -0.0593. The van der Waals surface area contributed by atoms with Crippen LogP contribution in [0, 0.1) is 0 Å². The molecule has 0 aliphatic carbocycles. The normalized spacial score (nSPS) is 8.00. The summed E-state index contributed by atoms with van der Waals surface area (Å²) in [5.74, 6) is -0.471. The molecule has 0 bridgehead atoms. The molecule has 5 heteroatoms. The van der Waals surface area contributed by atoms with E-state index in [1.807, 2.05) is 0 Å². The van der Waals surface area contributed by atoms with Crippen LogP contribution in [0.2, 0.25) is 0 Å². The van der Waals surface area contributed by atoms with Crippen LogP contribution in [0.4, 0.5) is 4.79 Å². The summed E-state index contributed by atoms with van der Waals surface area (Å²) in [7, 11) is 0. The number of carboxylic acid groups (broad SMARTS) is 1. The Hall–Kier alpha value is -1.52. The molecule has 0 spiro atoms. The number of carbonyl (C=O) groups excluding carboxylic acids is 1. The Morgan fingerprint density at radius 3 is 2.70 bits per heavy atom. The molecule has 1 amide bonds. The van der Waals surface area contributed by atoms with Crippen molar-refractivity contribution in [3.8, 4) is 0 Å². The van der Waals surface area contributed by atoms with Gasteiger partial charge >= 0.3 is 6.16 Å². The highest BCUT2D eigenvalue weighted by molar-refractivity contribution is 5.86. The standard InChI is InChI=1S/C5H7NO4/c1-2-4(7)6-3-10-5(8)9/h2H,1,3H2,(H,6,7)(H,8,9).